The van der Waals surface area contributed by atoms with E-state index in [0.29, 0.717) is 6.54 Å². The second kappa shape index (κ2) is 4.95. The number of benzene rings is 1. The Hall–Kier alpha value is -1.98. The highest BCUT2D eigenvalue weighted by Crippen LogP contribution is 2.28. The zero-order valence-corrected chi connectivity index (χ0v) is 11.4. The number of aromatic nitrogens is 3. The summed E-state index contributed by atoms with van der Waals surface area (Å²) in [6.07, 6.45) is 1.78. The van der Waals surface area contributed by atoms with Gasteiger partial charge in [-0.3, -0.25) is 4.68 Å². The molecule has 2 aromatic heterocycles. The van der Waals surface area contributed by atoms with Crippen molar-refractivity contribution < 1.29 is 0 Å². The first-order valence-electron chi connectivity index (χ1n) is 6.01. The van der Waals surface area contributed by atoms with Gasteiger partial charge >= 0.3 is 0 Å². The Kier molecular flexibility index (Phi) is 3.15. The van der Waals surface area contributed by atoms with Crippen molar-refractivity contribution in [2.75, 3.05) is 0 Å². The minimum atomic E-state index is 0.568. The van der Waals surface area contributed by atoms with Crippen LogP contribution in [0.4, 0.5) is 0 Å². The van der Waals surface area contributed by atoms with E-state index < -0.39 is 0 Å². The molecule has 0 spiro atoms. The van der Waals surface area contributed by atoms with Gasteiger partial charge in [-0.25, -0.2) is 4.98 Å². The summed E-state index contributed by atoms with van der Waals surface area (Å²) in [6, 6.07) is 10.2. The predicted octanol–water partition coefficient (Wildman–Crippen LogP) is 2.67. The summed E-state index contributed by atoms with van der Waals surface area (Å²) in [7, 11) is 1.92. The van der Waals surface area contributed by atoms with E-state index in [9.17, 15) is 0 Å². The monoisotopic (exact) mass is 270 g/mol. The summed E-state index contributed by atoms with van der Waals surface area (Å²) < 4.78 is 1.83. The second-order valence-electron chi connectivity index (χ2n) is 4.28. The fourth-order valence-electron chi connectivity index (χ4n) is 1.93. The molecule has 0 saturated carbocycles. The molecule has 0 aliphatic carbocycles. The molecule has 96 valence electrons. The fraction of sp³-hybridized carbons (Fsp3) is 0.143. The van der Waals surface area contributed by atoms with Crippen LogP contribution in [0.25, 0.3) is 22.0 Å². The largest absolute Gasteiger partial charge is 0.326 e. The predicted molar refractivity (Wildman–Crippen MR) is 77.6 cm³/mol. The number of nitrogens with two attached hydrogens (primary N) is 1. The molecule has 0 saturated heterocycles. The lowest BCUT2D eigenvalue weighted by Gasteiger charge is -1.99. The van der Waals surface area contributed by atoms with E-state index in [1.165, 1.54) is 0 Å². The van der Waals surface area contributed by atoms with Crippen LogP contribution in [0.15, 0.2) is 41.9 Å². The van der Waals surface area contributed by atoms with Crippen molar-refractivity contribution in [1.29, 1.82) is 0 Å². The first-order chi connectivity index (χ1) is 9.28. The van der Waals surface area contributed by atoms with Crippen LogP contribution in [-0.2, 0) is 13.6 Å². The van der Waals surface area contributed by atoms with E-state index in [-0.39, 0.29) is 0 Å². The summed E-state index contributed by atoms with van der Waals surface area (Å²) >= 11 is 1.64. The van der Waals surface area contributed by atoms with Crippen molar-refractivity contribution in [3.05, 3.63) is 47.5 Å². The minimum absolute atomic E-state index is 0.568. The Morgan fingerprint density at radius 3 is 2.63 bits per heavy atom. The van der Waals surface area contributed by atoms with Crippen molar-refractivity contribution in [2.24, 2.45) is 12.8 Å². The third kappa shape index (κ3) is 2.30. The third-order valence-electron chi connectivity index (χ3n) is 3.02. The molecule has 0 fully saturated rings. The van der Waals surface area contributed by atoms with Crippen LogP contribution >= 0.6 is 11.3 Å². The summed E-state index contributed by atoms with van der Waals surface area (Å²) in [5.41, 5.74) is 9.84. The second-order valence-corrected chi connectivity index (χ2v) is 5.14. The van der Waals surface area contributed by atoms with E-state index in [0.717, 1.165) is 27.5 Å². The molecule has 0 aliphatic rings. The van der Waals surface area contributed by atoms with Crippen LogP contribution in [0.2, 0.25) is 0 Å². The average molecular weight is 270 g/mol. The lowest BCUT2D eigenvalue weighted by molar-refractivity contribution is 0.774. The van der Waals surface area contributed by atoms with Gasteiger partial charge in [-0.15, -0.1) is 11.3 Å². The zero-order valence-electron chi connectivity index (χ0n) is 10.6. The highest BCUT2D eigenvalue weighted by Gasteiger charge is 2.09. The molecule has 2 N–H and O–H groups in total. The van der Waals surface area contributed by atoms with Crippen molar-refractivity contribution in [2.45, 2.75) is 6.54 Å². The van der Waals surface area contributed by atoms with Crippen molar-refractivity contribution in [3.8, 4) is 22.0 Å². The quantitative estimate of drug-likeness (QED) is 0.796. The standard InChI is InChI=1S/C14H14N4S/c1-18-13(6-7-16-18)12-9-19-14(17-12)11-4-2-10(8-15)3-5-11/h2-7,9H,8,15H2,1H3. The van der Waals surface area contributed by atoms with Gasteiger partial charge in [-0.1, -0.05) is 24.3 Å². The smallest absolute Gasteiger partial charge is 0.124 e. The molecule has 0 bridgehead atoms. The van der Waals surface area contributed by atoms with Gasteiger partial charge in [0.25, 0.3) is 0 Å². The Morgan fingerprint density at radius 1 is 1.21 bits per heavy atom. The molecule has 2 heterocycles. The summed E-state index contributed by atoms with van der Waals surface area (Å²) in [6.45, 7) is 0.568. The molecule has 3 aromatic rings. The molecule has 4 nitrogen and oxygen atoms in total. The highest BCUT2D eigenvalue weighted by molar-refractivity contribution is 7.13. The molecule has 5 heteroatoms. The maximum absolute atomic E-state index is 5.60. The summed E-state index contributed by atoms with van der Waals surface area (Å²) in [5, 5.41) is 7.24. The maximum Gasteiger partial charge on any atom is 0.124 e. The number of thiazole rings is 1. The van der Waals surface area contributed by atoms with Crippen LogP contribution in [0.3, 0.4) is 0 Å². The Morgan fingerprint density at radius 2 is 2.00 bits per heavy atom. The van der Waals surface area contributed by atoms with Gasteiger partial charge in [0, 0.05) is 30.7 Å². The van der Waals surface area contributed by atoms with Crippen LogP contribution < -0.4 is 5.73 Å². The van der Waals surface area contributed by atoms with Gasteiger partial charge in [-0.05, 0) is 11.6 Å². The Labute approximate surface area is 115 Å². The average Bonchev–Trinajstić information content (AvgIpc) is 3.07. The van der Waals surface area contributed by atoms with Crippen molar-refractivity contribution >= 4 is 11.3 Å². The van der Waals surface area contributed by atoms with Crippen LogP contribution in [0.5, 0.6) is 0 Å². The van der Waals surface area contributed by atoms with E-state index in [1.54, 1.807) is 17.5 Å². The van der Waals surface area contributed by atoms with Gasteiger partial charge in [0.2, 0.25) is 0 Å². The number of hydrogen-bond donors (Lipinski definition) is 1. The minimum Gasteiger partial charge on any atom is -0.326 e. The van der Waals surface area contributed by atoms with Crippen molar-refractivity contribution in [3.63, 3.8) is 0 Å². The van der Waals surface area contributed by atoms with E-state index in [2.05, 4.69) is 27.6 Å². The first-order valence-corrected chi connectivity index (χ1v) is 6.89. The van der Waals surface area contributed by atoms with Crippen LogP contribution in [0, 0.1) is 0 Å². The number of aryl methyl sites for hydroxylation is 1. The fourth-order valence-corrected chi connectivity index (χ4v) is 2.75. The Balaban J connectivity index is 1.94. The molecular weight excluding hydrogens is 256 g/mol. The summed E-state index contributed by atoms with van der Waals surface area (Å²) in [5.74, 6) is 0. The van der Waals surface area contributed by atoms with Gasteiger partial charge < -0.3 is 5.73 Å². The number of rotatable bonds is 3. The zero-order chi connectivity index (χ0) is 13.2. The molecule has 1 aromatic carbocycles. The normalized spacial score (nSPS) is 10.8. The number of hydrogen-bond acceptors (Lipinski definition) is 4. The maximum atomic E-state index is 5.60. The van der Waals surface area contributed by atoms with Gasteiger partial charge in [0.05, 0.1) is 11.4 Å². The van der Waals surface area contributed by atoms with E-state index in [4.69, 9.17) is 5.73 Å². The van der Waals surface area contributed by atoms with Gasteiger partial charge in [-0.2, -0.15) is 5.10 Å². The topological polar surface area (TPSA) is 56.7 Å². The SMILES string of the molecule is Cn1nccc1-c1csc(-c2ccc(CN)cc2)n1. The van der Waals surface area contributed by atoms with Crippen LogP contribution in [0.1, 0.15) is 5.56 Å². The summed E-state index contributed by atoms with van der Waals surface area (Å²) in [4.78, 5) is 4.67. The molecular formula is C14H14N4S. The lowest BCUT2D eigenvalue weighted by Crippen LogP contribution is -1.95. The lowest BCUT2D eigenvalue weighted by atomic mass is 10.1. The molecule has 0 aliphatic heterocycles. The highest BCUT2D eigenvalue weighted by atomic mass is 32.1. The van der Waals surface area contributed by atoms with Crippen molar-refractivity contribution in [1.82, 2.24) is 14.8 Å². The first kappa shape index (κ1) is 12.1. The van der Waals surface area contributed by atoms with Gasteiger partial charge in [0.15, 0.2) is 0 Å². The molecule has 0 radical (unpaired) electrons. The molecule has 0 unspecified atom stereocenters. The molecule has 19 heavy (non-hydrogen) atoms. The Bertz CT molecular complexity index is 682. The molecule has 3 rings (SSSR count). The third-order valence-corrected chi connectivity index (χ3v) is 3.92. The molecule has 0 amide bonds. The van der Waals surface area contributed by atoms with E-state index >= 15 is 0 Å². The van der Waals surface area contributed by atoms with Gasteiger partial charge in [0.1, 0.15) is 5.01 Å². The van der Waals surface area contributed by atoms with E-state index in [1.807, 2.05) is 29.9 Å². The molecule has 0 atom stereocenters. The van der Waals surface area contributed by atoms with Crippen LogP contribution in [-0.4, -0.2) is 14.8 Å². The number of nitrogens with zero attached hydrogens (tertiary/aromatic N) is 3.